The molecule has 4 nitrogen and oxygen atoms in total. The van der Waals surface area contributed by atoms with Gasteiger partial charge in [-0.15, -0.1) is 21.4 Å². The van der Waals surface area contributed by atoms with Crippen LogP contribution in [0.2, 0.25) is 19.6 Å². The number of carbonyl (C=O) groups excluding carboxylic acids is 1. The lowest BCUT2D eigenvalue weighted by atomic mass is 10.0. The third-order valence-electron chi connectivity index (χ3n) is 2.96. The van der Waals surface area contributed by atoms with Crippen LogP contribution in [0, 0.1) is 0 Å². The minimum atomic E-state index is -1.46. The van der Waals surface area contributed by atoms with Gasteiger partial charge in [0.2, 0.25) is 5.78 Å². The number of hydrogen-bond donors (Lipinski definition) is 1. The van der Waals surface area contributed by atoms with Crippen LogP contribution in [0.15, 0.2) is 70.9 Å². The van der Waals surface area contributed by atoms with Gasteiger partial charge in [-0.25, -0.2) is 0 Å². The predicted octanol–water partition coefficient (Wildman–Crippen LogP) is 4.16. The predicted molar refractivity (Wildman–Crippen MR) is 106 cm³/mol. The van der Waals surface area contributed by atoms with E-state index in [-0.39, 0.29) is 5.78 Å². The lowest BCUT2D eigenvalue weighted by Gasteiger charge is -2.13. The minimum Gasteiger partial charge on any atom is -0.377 e. The van der Waals surface area contributed by atoms with Crippen LogP contribution >= 0.6 is 11.2 Å². The van der Waals surface area contributed by atoms with Crippen LogP contribution in [0.5, 0.6) is 0 Å². The molecule has 0 heterocycles. The van der Waals surface area contributed by atoms with Gasteiger partial charge in [0.05, 0.1) is 0 Å². The molecule has 2 aromatic rings. The van der Waals surface area contributed by atoms with Gasteiger partial charge in [-0.2, -0.15) is 0 Å². The molecule has 2 N–H and O–H groups in total. The molecular formula is C18H21N3OSSi. The van der Waals surface area contributed by atoms with Crippen LogP contribution < -0.4 is 5.73 Å². The maximum Gasteiger partial charge on any atom is 0.213 e. The van der Waals surface area contributed by atoms with E-state index in [9.17, 15) is 4.79 Å². The molecule has 2 rings (SSSR count). The first kappa shape index (κ1) is 18.2. The third-order valence-corrected chi connectivity index (χ3v) is 6.33. The van der Waals surface area contributed by atoms with E-state index in [2.05, 4.69) is 29.8 Å². The number of benzene rings is 2. The van der Waals surface area contributed by atoms with Crippen molar-refractivity contribution in [3.05, 3.63) is 71.8 Å². The molecule has 0 aliphatic heterocycles. The second kappa shape index (κ2) is 8.08. The van der Waals surface area contributed by atoms with Gasteiger partial charge < -0.3 is 5.73 Å². The van der Waals surface area contributed by atoms with Crippen LogP contribution in [0.25, 0.3) is 0 Å². The maximum absolute atomic E-state index is 12.8. The Labute approximate surface area is 147 Å². The second-order valence-electron chi connectivity index (χ2n) is 6.16. The molecule has 0 spiro atoms. The van der Waals surface area contributed by atoms with Gasteiger partial charge in [-0.05, 0) is 0 Å². The van der Waals surface area contributed by atoms with E-state index in [4.69, 9.17) is 5.73 Å². The molecule has 0 fully saturated rings. The Bertz CT molecular complexity index is 753. The van der Waals surface area contributed by atoms with E-state index in [0.717, 1.165) is 5.56 Å². The molecule has 0 saturated carbocycles. The topological polar surface area (TPSA) is 67.8 Å². The van der Waals surface area contributed by atoms with Crippen LogP contribution in [-0.4, -0.2) is 23.9 Å². The van der Waals surface area contributed by atoms with Gasteiger partial charge in [0.15, 0.2) is 5.17 Å². The smallest absolute Gasteiger partial charge is 0.213 e. The zero-order chi connectivity index (χ0) is 17.6. The summed E-state index contributed by atoms with van der Waals surface area (Å²) >= 11 is 1.55. The number of carbonyl (C=O) groups is 1. The number of rotatable bonds is 5. The van der Waals surface area contributed by atoms with Gasteiger partial charge in [-0.3, -0.25) is 4.79 Å². The van der Waals surface area contributed by atoms with E-state index in [1.165, 1.54) is 0 Å². The van der Waals surface area contributed by atoms with Gasteiger partial charge in [0.1, 0.15) is 12.9 Å². The molecule has 0 unspecified atom stereocenters. The zero-order valence-electron chi connectivity index (χ0n) is 14.1. The first-order valence-corrected chi connectivity index (χ1v) is 12.7. The average molecular weight is 356 g/mol. The number of ketones is 1. The maximum atomic E-state index is 12.8. The van der Waals surface area contributed by atoms with Gasteiger partial charge in [0, 0.05) is 11.1 Å². The first-order valence-electron chi connectivity index (χ1n) is 7.62. The molecule has 0 aliphatic carbocycles. The summed E-state index contributed by atoms with van der Waals surface area (Å²) in [5.41, 5.74) is 7.55. The van der Waals surface area contributed by atoms with E-state index in [0.29, 0.717) is 16.4 Å². The molecule has 24 heavy (non-hydrogen) atoms. The summed E-state index contributed by atoms with van der Waals surface area (Å²) < 4.78 is 0. The molecule has 0 amide bonds. The lowest BCUT2D eigenvalue weighted by molar-refractivity contribution is 0.106. The first-order chi connectivity index (χ1) is 11.4. The van der Waals surface area contributed by atoms with Crippen LogP contribution in [-0.2, 0) is 0 Å². The van der Waals surface area contributed by atoms with Gasteiger partial charge in [0.25, 0.3) is 0 Å². The third kappa shape index (κ3) is 5.47. The molecule has 124 valence electrons. The highest BCUT2D eigenvalue weighted by molar-refractivity contribution is 8.39. The van der Waals surface area contributed by atoms with Gasteiger partial charge >= 0.3 is 0 Å². The quantitative estimate of drug-likeness (QED) is 0.288. The van der Waals surface area contributed by atoms with Crippen LogP contribution in [0.3, 0.4) is 0 Å². The minimum absolute atomic E-state index is 0.170. The van der Waals surface area contributed by atoms with Crippen molar-refractivity contribution in [1.82, 2.24) is 0 Å². The number of amidine groups is 1. The van der Waals surface area contributed by atoms with Crippen LogP contribution in [0.4, 0.5) is 0 Å². The van der Waals surface area contributed by atoms with Crippen molar-refractivity contribution in [3.63, 3.8) is 0 Å². The summed E-state index contributed by atoms with van der Waals surface area (Å²) in [5.74, 6) is -0.170. The van der Waals surface area contributed by atoms with Crippen molar-refractivity contribution in [3.8, 4) is 0 Å². The van der Waals surface area contributed by atoms with E-state index in [1.807, 2.05) is 48.5 Å². The average Bonchev–Trinajstić information content (AvgIpc) is 2.55. The van der Waals surface area contributed by atoms with Crippen LogP contribution in [0.1, 0.15) is 15.9 Å². The van der Waals surface area contributed by atoms with Crippen molar-refractivity contribution >= 4 is 35.1 Å². The molecule has 0 aliphatic rings. The zero-order valence-corrected chi connectivity index (χ0v) is 15.9. The fourth-order valence-corrected chi connectivity index (χ4v) is 4.70. The van der Waals surface area contributed by atoms with Crippen molar-refractivity contribution in [1.29, 1.82) is 0 Å². The summed E-state index contributed by atoms with van der Waals surface area (Å²) in [6.45, 7) is 6.53. The summed E-state index contributed by atoms with van der Waals surface area (Å²) in [6.07, 6.45) is 0. The van der Waals surface area contributed by atoms with Crippen molar-refractivity contribution < 1.29 is 4.79 Å². The standard InChI is InChI=1S/C18H21N3OSSi/c1-24(2,3)23-18(19)21-20-16(14-10-6-4-7-11-14)17(22)15-12-8-5-9-13-15/h4-13H,1-3H3,(H2,19,21)/b20-16+. The molecule has 0 aromatic heterocycles. The fraction of sp³-hybridized carbons (Fsp3) is 0.167. The molecule has 0 bridgehead atoms. The van der Waals surface area contributed by atoms with Gasteiger partial charge in [-0.1, -0.05) is 80.3 Å². The number of nitrogens with two attached hydrogens (primary N) is 1. The summed E-state index contributed by atoms with van der Waals surface area (Å²) in [4.78, 5) is 12.8. The summed E-state index contributed by atoms with van der Waals surface area (Å²) in [5, 5.41) is 8.67. The number of nitrogens with zero attached hydrogens (tertiary/aromatic N) is 2. The fourth-order valence-electron chi connectivity index (χ4n) is 1.99. The molecule has 6 heteroatoms. The molecule has 0 radical (unpaired) electrons. The lowest BCUT2D eigenvalue weighted by Crippen LogP contribution is -2.22. The normalized spacial score (nSPS) is 13.0. The Hall–Kier alpha value is -2.18. The number of hydrogen-bond acceptors (Lipinski definition) is 4. The monoisotopic (exact) mass is 355 g/mol. The van der Waals surface area contributed by atoms with E-state index >= 15 is 0 Å². The Morgan fingerprint density at radius 1 is 0.875 bits per heavy atom. The molecular weight excluding hydrogens is 334 g/mol. The molecule has 0 atom stereocenters. The van der Waals surface area contributed by atoms with Crippen molar-refractivity contribution in [2.75, 3.05) is 0 Å². The SMILES string of the molecule is C[Si](C)(C)S/C(N)=N/N=C(/C(=O)c1ccccc1)c1ccccc1. The highest BCUT2D eigenvalue weighted by Crippen LogP contribution is 2.19. The van der Waals surface area contributed by atoms with E-state index < -0.39 is 7.22 Å². The number of Topliss-reactive ketones (excluding diaryl/α,β-unsaturated/α-hetero) is 1. The highest BCUT2D eigenvalue weighted by Gasteiger charge is 2.18. The largest absolute Gasteiger partial charge is 0.377 e. The molecule has 0 saturated heterocycles. The Morgan fingerprint density at radius 2 is 1.38 bits per heavy atom. The molecule has 2 aromatic carbocycles. The van der Waals surface area contributed by atoms with Crippen molar-refractivity contribution in [2.24, 2.45) is 15.9 Å². The summed E-state index contributed by atoms with van der Waals surface area (Å²) in [6, 6.07) is 18.4. The van der Waals surface area contributed by atoms with E-state index in [1.54, 1.807) is 23.3 Å². The Kier molecular flexibility index (Phi) is 6.11. The Morgan fingerprint density at radius 3 is 1.88 bits per heavy atom. The van der Waals surface area contributed by atoms with Crippen molar-refractivity contribution in [2.45, 2.75) is 19.6 Å². The summed E-state index contributed by atoms with van der Waals surface area (Å²) in [7, 11) is -1.46. The highest BCUT2D eigenvalue weighted by atomic mass is 32.4. The second-order valence-corrected chi connectivity index (χ2v) is 15.3. The Balaban J connectivity index is 2.39.